The van der Waals surface area contributed by atoms with Gasteiger partial charge in [-0.25, -0.2) is 9.67 Å². The van der Waals surface area contributed by atoms with E-state index >= 15 is 0 Å². The van der Waals surface area contributed by atoms with Gasteiger partial charge in [-0.15, -0.1) is 0 Å². The number of hydrogen-bond acceptors (Lipinski definition) is 3. The number of H-pyrrole nitrogens is 1. The Morgan fingerprint density at radius 3 is 2.67 bits per heavy atom. The second-order valence-corrected chi connectivity index (χ2v) is 6.31. The van der Waals surface area contributed by atoms with Crippen molar-refractivity contribution in [2.75, 3.05) is 6.54 Å². The molecule has 0 bridgehead atoms. The molecule has 0 unspecified atom stereocenters. The number of aromatic amines is 1. The van der Waals surface area contributed by atoms with E-state index in [1.165, 1.54) is 0 Å². The van der Waals surface area contributed by atoms with Crippen LogP contribution in [0.2, 0.25) is 0 Å². The van der Waals surface area contributed by atoms with Gasteiger partial charge in [0.05, 0.1) is 34.2 Å². The Kier molecular flexibility index (Phi) is 4.70. The third-order valence-electron chi connectivity index (χ3n) is 4.53. The van der Waals surface area contributed by atoms with Gasteiger partial charge in [0.2, 0.25) is 0 Å². The second-order valence-electron chi connectivity index (χ2n) is 6.31. The zero-order valence-corrected chi connectivity index (χ0v) is 15.1. The lowest BCUT2D eigenvalue weighted by atomic mass is 10.2. The van der Waals surface area contributed by atoms with E-state index in [4.69, 9.17) is 0 Å². The first kappa shape index (κ1) is 17.0. The molecule has 0 aliphatic rings. The molecule has 4 aromatic rings. The minimum atomic E-state index is -0.106. The van der Waals surface area contributed by atoms with Crippen LogP contribution in [0.15, 0.2) is 60.8 Å². The van der Waals surface area contributed by atoms with Gasteiger partial charge in [0.15, 0.2) is 0 Å². The van der Waals surface area contributed by atoms with Gasteiger partial charge in [-0.3, -0.25) is 4.79 Å². The summed E-state index contributed by atoms with van der Waals surface area (Å²) < 4.78 is 1.83. The highest BCUT2D eigenvalue weighted by Crippen LogP contribution is 2.16. The molecule has 2 aromatic heterocycles. The van der Waals surface area contributed by atoms with Crippen molar-refractivity contribution in [3.63, 3.8) is 0 Å². The van der Waals surface area contributed by atoms with Crippen LogP contribution in [-0.4, -0.2) is 32.2 Å². The van der Waals surface area contributed by atoms with Crippen molar-refractivity contribution in [3.05, 3.63) is 77.9 Å². The molecule has 0 radical (unpaired) electrons. The molecule has 6 nitrogen and oxygen atoms in total. The van der Waals surface area contributed by atoms with Crippen LogP contribution in [0.1, 0.15) is 28.8 Å². The van der Waals surface area contributed by atoms with Crippen molar-refractivity contribution in [2.24, 2.45) is 0 Å². The average Bonchev–Trinajstić information content (AvgIpc) is 3.32. The minimum absolute atomic E-state index is 0.106. The summed E-state index contributed by atoms with van der Waals surface area (Å²) >= 11 is 0. The molecule has 2 aromatic carbocycles. The molecule has 4 rings (SSSR count). The van der Waals surface area contributed by atoms with Gasteiger partial charge in [-0.05, 0) is 30.7 Å². The largest absolute Gasteiger partial charge is 0.351 e. The topological polar surface area (TPSA) is 75.6 Å². The molecule has 136 valence electrons. The molecule has 0 aliphatic carbocycles. The van der Waals surface area contributed by atoms with Gasteiger partial charge in [0, 0.05) is 13.0 Å². The maximum atomic E-state index is 12.6. The lowest BCUT2D eigenvalue weighted by molar-refractivity contribution is 0.0953. The smallest absolute Gasteiger partial charge is 0.254 e. The van der Waals surface area contributed by atoms with Crippen LogP contribution in [0.4, 0.5) is 0 Å². The van der Waals surface area contributed by atoms with Crippen molar-refractivity contribution >= 4 is 16.9 Å². The lowest BCUT2D eigenvalue weighted by Crippen LogP contribution is -2.26. The first-order chi connectivity index (χ1) is 13.3. The third-order valence-corrected chi connectivity index (χ3v) is 4.53. The summed E-state index contributed by atoms with van der Waals surface area (Å²) in [6.45, 7) is 2.54. The highest BCUT2D eigenvalue weighted by Gasteiger charge is 2.17. The highest BCUT2D eigenvalue weighted by atomic mass is 16.1. The summed E-state index contributed by atoms with van der Waals surface area (Å²) in [4.78, 5) is 20.5. The summed E-state index contributed by atoms with van der Waals surface area (Å²) in [5.41, 5.74) is 4.43. The van der Waals surface area contributed by atoms with Crippen molar-refractivity contribution in [3.8, 4) is 5.69 Å². The van der Waals surface area contributed by atoms with E-state index in [1.54, 1.807) is 6.20 Å². The second kappa shape index (κ2) is 7.45. The van der Waals surface area contributed by atoms with Gasteiger partial charge >= 0.3 is 0 Å². The molecular formula is C21H21N5O. The van der Waals surface area contributed by atoms with E-state index in [0.717, 1.165) is 34.7 Å². The molecule has 2 N–H and O–H groups in total. The van der Waals surface area contributed by atoms with Crippen molar-refractivity contribution < 1.29 is 4.79 Å². The van der Waals surface area contributed by atoms with E-state index in [0.29, 0.717) is 18.5 Å². The number of benzene rings is 2. The number of nitrogens with one attached hydrogen (secondary N) is 2. The molecule has 1 amide bonds. The van der Waals surface area contributed by atoms with Crippen molar-refractivity contribution in [1.82, 2.24) is 25.1 Å². The van der Waals surface area contributed by atoms with E-state index in [1.807, 2.05) is 66.2 Å². The first-order valence-electron chi connectivity index (χ1n) is 9.10. The zero-order chi connectivity index (χ0) is 18.6. The Balaban J connectivity index is 1.44. The summed E-state index contributed by atoms with van der Waals surface area (Å²) in [5, 5.41) is 7.39. The number of hydrogen-bond donors (Lipinski definition) is 2. The van der Waals surface area contributed by atoms with E-state index in [2.05, 4.69) is 20.4 Å². The van der Waals surface area contributed by atoms with Crippen molar-refractivity contribution in [2.45, 2.75) is 19.8 Å². The number of para-hydroxylation sites is 3. The molecule has 0 saturated carbocycles. The van der Waals surface area contributed by atoms with Gasteiger partial charge in [-0.1, -0.05) is 37.3 Å². The summed E-state index contributed by atoms with van der Waals surface area (Å²) in [6, 6.07) is 17.8. The van der Waals surface area contributed by atoms with Crippen LogP contribution in [0, 0.1) is 0 Å². The average molecular weight is 359 g/mol. The van der Waals surface area contributed by atoms with Crippen LogP contribution in [0.25, 0.3) is 16.7 Å². The van der Waals surface area contributed by atoms with Gasteiger partial charge in [-0.2, -0.15) is 5.10 Å². The molecule has 0 atom stereocenters. The van der Waals surface area contributed by atoms with Gasteiger partial charge < -0.3 is 10.3 Å². The predicted molar refractivity (Wildman–Crippen MR) is 105 cm³/mol. The first-order valence-corrected chi connectivity index (χ1v) is 9.10. The fourth-order valence-corrected chi connectivity index (χ4v) is 3.21. The summed E-state index contributed by atoms with van der Waals surface area (Å²) in [5.74, 6) is 0.761. The molecule has 0 fully saturated rings. The molecule has 0 spiro atoms. The Morgan fingerprint density at radius 1 is 1.11 bits per heavy atom. The SMILES string of the molecule is CCc1c(C(=O)NCCc2nc3ccccc3[nH]2)cnn1-c1ccccc1. The maximum Gasteiger partial charge on any atom is 0.254 e. The Bertz CT molecular complexity index is 1030. The van der Waals surface area contributed by atoms with Gasteiger partial charge in [0.1, 0.15) is 5.82 Å². The number of amides is 1. The number of carbonyl (C=O) groups excluding carboxylic acids is 1. The fourth-order valence-electron chi connectivity index (χ4n) is 3.21. The molecule has 27 heavy (non-hydrogen) atoms. The molecule has 2 heterocycles. The summed E-state index contributed by atoms with van der Waals surface area (Å²) in [7, 11) is 0. The lowest BCUT2D eigenvalue weighted by Gasteiger charge is -2.08. The molecule has 0 aliphatic heterocycles. The molecule has 6 heteroatoms. The van der Waals surface area contributed by atoms with Crippen LogP contribution in [-0.2, 0) is 12.8 Å². The quantitative estimate of drug-likeness (QED) is 0.555. The van der Waals surface area contributed by atoms with E-state index < -0.39 is 0 Å². The zero-order valence-electron chi connectivity index (χ0n) is 15.1. The summed E-state index contributed by atoms with van der Waals surface area (Å²) in [6.07, 6.45) is 3.01. The van der Waals surface area contributed by atoms with Crippen molar-refractivity contribution in [1.29, 1.82) is 0 Å². The number of imidazole rings is 1. The van der Waals surface area contributed by atoms with Crippen LogP contribution in [0.5, 0.6) is 0 Å². The highest BCUT2D eigenvalue weighted by molar-refractivity contribution is 5.95. The molecule has 0 saturated heterocycles. The normalized spacial score (nSPS) is 11.0. The molecular weight excluding hydrogens is 338 g/mol. The number of rotatable bonds is 6. The predicted octanol–water partition coefficient (Wildman–Crippen LogP) is 3.28. The van der Waals surface area contributed by atoms with Crippen LogP contribution >= 0.6 is 0 Å². The number of fused-ring (bicyclic) bond motifs is 1. The Morgan fingerprint density at radius 2 is 1.89 bits per heavy atom. The minimum Gasteiger partial charge on any atom is -0.351 e. The van der Waals surface area contributed by atoms with E-state index in [9.17, 15) is 4.79 Å². The Labute approximate surface area is 157 Å². The number of carbonyl (C=O) groups is 1. The fraction of sp³-hybridized carbons (Fsp3) is 0.190. The standard InChI is InChI=1S/C21H21N5O/c1-2-19-16(14-23-26(19)15-8-4-3-5-9-15)21(27)22-13-12-20-24-17-10-6-7-11-18(17)25-20/h3-11,14H,2,12-13H2,1H3,(H,22,27)(H,24,25). The van der Waals surface area contributed by atoms with Crippen LogP contribution in [0.3, 0.4) is 0 Å². The monoisotopic (exact) mass is 359 g/mol. The van der Waals surface area contributed by atoms with Gasteiger partial charge in [0.25, 0.3) is 5.91 Å². The maximum absolute atomic E-state index is 12.6. The number of nitrogens with zero attached hydrogens (tertiary/aromatic N) is 3. The van der Waals surface area contributed by atoms with Crippen LogP contribution < -0.4 is 5.32 Å². The Hall–Kier alpha value is -3.41. The third kappa shape index (κ3) is 3.46. The van der Waals surface area contributed by atoms with E-state index in [-0.39, 0.29) is 5.91 Å². The number of aromatic nitrogens is 4.